The molecule has 1 aromatic heterocycles. The Morgan fingerprint density at radius 3 is 2.43 bits per heavy atom. The molecule has 1 fully saturated rings. The van der Waals surface area contributed by atoms with Crippen LogP contribution in [0.25, 0.3) is 0 Å². The normalized spacial score (nSPS) is 14.0. The molecular weight excluding hydrogens is 574 g/mol. The van der Waals surface area contributed by atoms with Crippen LogP contribution in [0.15, 0.2) is 78.9 Å². The first-order valence-corrected chi connectivity index (χ1v) is 15.7. The highest BCUT2D eigenvalue weighted by atomic mass is 32.1. The van der Waals surface area contributed by atoms with Crippen LogP contribution in [-0.4, -0.2) is 39.8 Å². The highest BCUT2D eigenvalue weighted by Gasteiger charge is 2.36. The maximum Gasteiger partial charge on any atom is 0.273 e. The third kappa shape index (κ3) is 7.26. The number of aromatic nitrogens is 1. The van der Waals surface area contributed by atoms with Gasteiger partial charge in [0.05, 0.1) is 5.69 Å². The Bertz CT molecular complexity index is 1600. The number of benzene rings is 3. The first-order valence-electron chi connectivity index (χ1n) is 14.9. The van der Waals surface area contributed by atoms with Crippen LogP contribution in [0.3, 0.4) is 0 Å². The first kappa shape index (κ1) is 30.7. The van der Waals surface area contributed by atoms with Crippen molar-refractivity contribution in [1.82, 2.24) is 15.0 Å². The van der Waals surface area contributed by atoms with Crippen molar-refractivity contribution in [3.8, 4) is 5.75 Å². The Labute approximate surface area is 261 Å². The summed E-state index contributed by atoms with van der Waals surface area (Å²) in [4.78, 5) is 43.0. The van der Waals surface area contributed by atoms with Gasteiger partial charge >= 0.3 is 0 Å². The molecule has 1 atom stereocenters. The van der Waals surface area contributed by atoms with Gasteiger partial charge in [0.1, 0.15) is 16.7 Å². The topological polar surface area (TPSA) is 138 Å². The van der Waals surface area contributed by atoms with E-state index in [0.29, 0.717) is 24.2 Å². The van der Waals surface area contributed by atoms with Gasteiger partial charge in [0, 0.05) is 18.3 Å². The summed E-state index contributed by atoms with van der Waals surface area (Å²) in [5.41, 5.74) is 9.37. The molecule has 1 aliphatic rings. The zero-order valence-electron chi connectivity index (χ0n) is 24.7. The molecule has 0 aliphatic heterocycles. The van der Waals surface area contributed by atoms with Gasteiger partial charge in [-0.3, -0.25) is 19.3 Å². The molecule has 1 saturated carbocycles. The molecular formula is C34H37N5O4S. The van der Waals surface area contributed by atoms with Gasteiger partial charge < -0.3 is 21.5 Å². The summed E-state index contributed by atoms with van der Waals surface area (Å²) in [6.45, 7) is 2.25. The zero-order chi connectivity index (χ0) is 31.1. The minimum Gasteiger partial charge on any atom is -0.508 e. The highest BCUT2D eigenvalue weighted by Crippen LogP contribution is 2.34. The smallest absolute Gasteiger partial charge is 0.273 e. The van der Waals surface area contributed by atoms with Gasteiger partial charge in [0.15, 0.2) is 5.69 Å². The zero-order valence-corrected chi connectivity index (χ0v) is 25.5. The van der Waals surface area contributed by atoms with E-state index < -0.39 is 23.8 Å². The molecule has 4 aromatic rings. The molecule has 5 rings (SSSR count). The van der Waals surface area contributed by atoms with Crippen molar-refractivity contribution in [3.05, 3.63) is 106 Å². The highest BCUT2D eigenvalue weighted by molar-refractivity contribution is 7.09. The van der Waals surface area contributed by atoms with E-state index in [9.17, 15) is 19.5 Å². The molecule has 10 heteroatoms. The van der Waals surface area contributed by atoms with Crippen molar-refractivity contribution >= 4 is 40.6 Å². The molecule has 5 N–H and O–H groups in total. The number of phenols is 1. The maximum absolute atomic E-state index is 14.4. The third-order valence-corrected chi connectivity index (χ3v) is 8.70. The van der Waals surface area contributed by atoms with Crippen LogP contribution in [0.2, 0.25) is 0 Å². The summed E-state index contributed by atoms with van der Waals surface area (Å²) in [5, 5.41) is 16.0. The molecule has 228 valence electrons. The molecule has 9 nitrogen and oxygen atoms in total. The SMILES string of the molecule is Cc1cccc(N(C(=O)c2snc(C(=O)NC3CCCCC3)c2N)C(C(=O)NCCc2ccccc2)c2ccc(O)cc2)c1. The molecule has 3 amide bonds. The van der Waals surface area contributed by atoms with Crippen molar-refractivity contribution in [2.75, 3.05) is 17.2 Å². The van der Waals surface area contributed by atoms with Crippen molar-refractivity contribution < 1.29 is 19.5 Å². The summed E-state index contributed by atoms with van der Waals surface area (Å²) >= 11 is 0.845. The third-order valence-electron chi connectivity index (χ3n) is 7.85. The van der Waals surface area contributed by atoms with Gasteiger partial charge in [-0.2, -0.15) is 4.37 Å². The van der Waals surface area contributed by atoms with Gasteiger partial charge in [-0.1, -0.05) is 73.9 Å². The first-order chi connectivity index (χ1) is 21.3. The summed E-state index contributed by atoms with van der Waals surface area (Å²) < 4.78 is 4.29. The van der Waals surface area contributed by atoms with E-state index in [4.69, 9.17) is 5.73 Å². The van der Waals surface area contributed by atoms with Crippen molar-refractivity contribution in [3.63, 3.8) is 0 Å². The van der Waals surface area contributed by atoms with Gasteiger partial charge in [-0.05, 0) is 78.7 Å². The van der Waals surface area contributed by atoms with E-state index >= 15 is 0 Å². The van der Waals surface area contributed by atoms with Gasteiger partial charge in [0.2, 0.25) is 5.91 Å². The van der Waals surface area contributed by atoms with Crippen molar-refractivity contribution in [2.24, 2.45) is 0 Å². The lowest BCUT2D eigenvalue weighted by Crippen LogP contribution is -2.44. The maximum atomic E-state index is 14.4. The van der Waals surface area contributed by atoms with Gasteiger partial charge in [-0.25, -0.2) is 0 Å². The second kappa shape index (κ2) is 14.2. The fraction of sp³-hybridized carbons (Fsp3) is 0.294. The molecule has 1 heterocycles. The summed E-state index contributed by atoms with van der Waals surface area (Å²) in [5.74, 6) is -1.33. The van der Waals surface area contributed by atoms with E-state index in [1.54, 1.807) is 18.2 Å². The Kier molecular flexibility index (Phi) is 9.91. The number of anilines is 2. The number of aryl methyl sites for hydroxylation is 1. The van der Waals surface area contributed by atoms with Crippen LogP contribution in [0.1, 0.15) is 75.0 Å². The predicted molar refractivity (Wildman–Crippen MR) is 173 cm³/mol. The number of phenolic OH excluding ortho intramolecular Hbond substituents is 1. The van der Waals surface area contributed by atoms with Crippen LogP contribution < -0.4 is 21.3 Å². The Morgan fingerprint density at radius 1 is 1.00 bits per heavy atom. The van der Waals surface area contributed by atoms with Crippen molar-refractivity contribution in [1.29, 1.82) is 0 Å². The predicted octanol–water partition coefficient (Wildman–Crippen LogP) is 5.55. The van der Waals surface area contributed by atoms with Crippen LogP contribution in [0, 0.1) is 6.92 Å². The van der Waals surface area contributed by atoms with E-state index in [1.807, 2.05) is 55.5 Å². The fourth-order valence-electron chi connectivity index (χ4n) is 5.53. The number of nitrogens with one attached hydrogen (secondary N) is 2. The Hall–Kier alpha value is -4.70. The number of aromatic hydroxyl groups is 1. The molecule has 0 saturated heterocycles. The Balaban J connectivity index is 1.49. The lowest BCUT2D eigenvalue weighted by Gasteiger charge is -2.31. The van der Waals surface area contributed by atoms with Crippen LogP contribution in [0.5, 0.6) is 5.75 Å². The number of amides is 3. The number of rotatable bonds is 10. The van der Waals surface area contributed by atoms with E-state index in [2.05, 4.69) is 15.0 Å². The average Bonchev–Trinajstić information content (AvgIpc) is 3.42. The van der Waals surface area contributed by atoms with E-state index in [0.717, 1.165) is 54.8 Å². The summed E-state index contributed by atoms with van der Waals surface area (Å²) in [6.07, 6.45) is 5.67. The number of nitrogens with zero attached hydrogens (tertiary/aromatic N) is 2. The number of carbonyl (C=O) groups is 3. The monoisotopic (exact) mass is 611 g/mol. The fourth-order valence-corrected chi connectivity index (χ4v) is 6.27. The molecule has 0 bridgehead atoms. The quantitative estimate of drug-likeness (QED) is 0.186. The number of carbonyl (C=O) groups excluding carboxylic acids is 3. The largest absolute Gasteiger partial charge is 0.508 e. The van der Waals surface area contributed by atoms with E-state index in [-0.39, 0.29) is 28.0 Å². The molecule has 0 spiro atoms. The Morgan fingerprint density at radius 2 is 1.73 bits per heavy atom. The van der Waals surface area contributed by atoms with Crippen molar-refractivity contribution in [2.45, 2.75) is 57.5 Å². The average molecular weight is 612 g/mol. The molecule has 1 aliphatic carbocycles. The van der Waals surface area contributed by atoms with Gasteiger partial charge in [-0.15, -0.1) is 0 Å². The number of nitrogens with two attached hydrogens (primary N) is 1. The lowest BCUT2D eigenvalue weighted by molar-refractivity contribution is -0.122. The second-order valence-electron chi connectivity index (χ2n) is 11.1. The minimum absolute atomic E-state index is 0.0140. The minimum atomic E-state index is -1.11. The summed E-state index contributed by atoms with van der Waals surface area (Å²) in [6, 6.07) is 22.2. The van der Waals surface area contributed by atoms with E-state index in [1.165, 1.54) is 17.0 Å². The number of nitrogen functional groups attached to an aromatic ring is 1. The number of hydrogen-bond acceptors (Lipinski definition) is 7. The summed E-state index contributed by atoms with van der Waals surface area (Å²) in [7, 11) is 0. The molecule has 3 aromatic carbocycles. The van der Waals surface area contributed by atoms with Crippen LogP contribution in [0.4, 0.5) is 11.4 Å². The van der Waals surface area contributed by atoms with Crippen LogP contribution >= 0.6 is 11.5 Å². The molecule has 1 unspecified atom stereocenters. The van der Waals surface area contributed by atoms with Crippen LogP contribution in [-0.2, 0) is 11.2 Å². The molecule has 44 heavy (non-hydrogen) atoms. The second-order valence-corrected chi connectivity index (χ2v) is 11.9. The molecule has 0 radical (unpaired) electrons. The van der Waals surface area contributed by atoms with Gasteiger partial charge in [0.25, 0.3) is 11.8 Å². The number of hydrogen-bond donors (Lipinski definition) is 4. The standard InChI is InChI=1S/C34H37N5O4S/c1-22-9-8-14-26(21-22)39(34(43)31-28(35)29(38-44-31)32(41)37-25-12-6-3-7-13-25)30(24-15-17-27(40)18-16-24)33(42)36-20-19-23-10-4-2-5-11-23/h2,4-5,8-11,14-18,21,25,30,40H,3,6-7,12-13,19-20,35H2,1H3,(H,36,42)(H,37,41). The lowest BCUT2D eigenvalue weighted by atomic mass is 9.95.